The van der Waals surface area contributed by atoms with E-state index in [-0.39, 0.29) is 17.4 Å². The van der Waals surface area contributed by atoms with E-state index in [1.54, 1.807) is 0 Å². The van der Waals surface area contributed by atoms with Crippen molar-refractivity contribution in [2.45, 2.75) is 19.0 Å². The van der Waals surface area contributed by atoms with E-state index in [9.17, 15) is 9.59 Å². The highest BCUT2D eigenvalue weighted by atomic mass is 16.2. The van der Waals surface area contributed by atoms with Crippen LogP contribution in [0, 0.1) is 35.0 Å². The smallest absolute Gasteiger partial charge is 0.245 e. The molecule has 2 bridgehead atoms. The average Bonchev–Trinajstić information content (AvgIpc) is 3.26. The first-order valence-electron chi connectivity index (χ1n) is 8.19. The minimum absolute atomic E-state index is 0.134. The molecule has 8 rings (SSSR count). The van der Waals surface area contributed by atoms with E-state index in [4.69, 9.17) is 0 Å². The summed E-state index contributed by atoms with van der Waals surface area (Å²) >= 11 is 0. The summed E-state index contributed by atoms with van der Waals surface area (Å²) < 4.78 is 5.04. The molecule has 0 amide bonds. The van der Waals surface area contributed by atoms with Gasteiger partial charge in [0.1, 0.15) is 0 Å². The normalized spacial score (nSPS) is 50.1. The summed E-state index contributed by atoms with van der Waals surface area (Å²) in [5.41, 5.74) is 0.715. The predicted molar refractivity (Wildman–Crippen MR) is 77.9 cm³/mol. The molecule has 1 aromatic carbocycles. The lowest BCUT2D eigenvalue weighted by Gasteiger charge is -2.41. The van der Waals surface area contributed by atoms with Gasteiger partial charge >= 0.3 is 11.4 Å². The molecule has 0 radical (unpaired) electrons. The van der Waals surface area contributed by atoms with Crippen LogP contribution in [0.3, 0.4) is 0 Å². The number of rotatable bonds is 1. The highest BCUT2D eigenvalue weighted by Gasteiger charge is 2.95. The van der Waals surface area contributed by atoms with Crippen LogP contribution in [0.4, 0.5) is 0 Å². The Morgan fingerprint density at radius 2 is 1.64 bits per heavy atom. The molecule has 0 N–H and O–H groups in total. The summed E-state index contributed by atoms with van der Waals surface area (Å²) in [6.07, 6.45) is 0. The number of aromatic nitrogens is 3. The predicted octanol–water partition coefficient (Wildman–Crippen LogP) is 1.04. The molecule has 22 heavy (non-hydrogen) atoms. The highest BCUT2D eigenvalue weighted by Crippen LogP contribution is 2.96. The molecule has 5 heteroatoms. The van der Waals surface area contributed by atoms with E-state index >= 15 is 0 Å². The van der Waals surface area contributed by atoms with Crippen LogP contribution in [0.2, 0.25) is 0 Å². The molecule has 0 unspecified atom stereocenters. The van der Waals surface area contributed by atoms with Crippen LogP contribution in [0.15, 0.2) is 39.9 Å². The van der Waals surface area contributed by atoms with Crippen molar-refractivity contribution < 1.29 is 0 Å². The molecule has 0 spiro atoms. The molecule has 5 nitrogen and oxygen atoms in total. The monoisotopic (exact) mass is 293 g/mol. The molecule has 4 fully saturated rings. The molecular weight excluding hydrogens is 278 g/mol. The van der Waals surface area contributed by atoms with Crippen LogP contribution in [-0.4, -0.2) is 13.9 Å². The van der Waals surface area contributed by atoms with Crippen LogP contribution in [0.25, 0.3) is 5.69 Å². The lowest BCUT2D eigenvalue weighted by molar-refractivity contribution is 0.0636. The molecule has 8 atom stereocenters. The second-order valence-electron chi connectivity index (χ2n) is 8.01. The Bertz CT molecular complexity index is 999. The number of benzene rings is 1. The van der Waals surface area contributed by atoms with Crippen LogP contribution >= 0.6 is 0 Å². The zero-order valence-electron chi connectivity index (χ0n) is 12.1. The molecule has 110 valence electrons. The third-order valence-electron chi connectivity index (χ3n) is 7.65. The van der Waals surface area contributed by atoms with Gasteiger partial charge in [-0.2, -0.15) is 0 Å². The lowest BCUT2D eigenvalue weighted by Crippen LogP contribution is -2.48. The van der Waals surface area contributed by atoms with Gasteiger partial charge in [-0.3, -0.25) is 0 Å². The minimum Gasteiger partial charge on any atom is -0.245 e. The zero-order chi connectivity index (χ0) is 14.5. The third kappa shape index (κ3) is 0.733. The Balaban J connectivity index is 1.59. The van der Waals surface area contributed by atoms with Crippen molar-refractivity contribution in [2.24, 2.45) is 35.0 Å². The van der Waals surface area contributed by atoms with Gasteiger partial charge < -0.3 is 0 Å². The van der Waals surface area contributed by atoms with Gasteiger partial charge in [0.05, 0.1) is 17.8 Å². The van der Waals surface area contributed by atoms with Gasteiger partial charge in [-0.25, -0.2) is 23.5 Å². The van der Waals surface area contributed by atoms with Crippen molar-refractivity contribution in [3.63, 3.8) is 0 Å². The molecule has 4 saturated carbocycles. The van der Waals surface area contributed by atoms with E-state index in [1.165, 1.54) is 4.57 Å². The summed E-state index contributed by atoms with van der Waals surface area (Å²) in [5.74, 6) is 3.61. The van der Waals surface area contributed by atoms with E-state index in [2.05, 4.69) is 6.92 Å². The van der Waals surface area contributed by atoms with Gasteiger partial charge in [0.25, 0.3) is 0 Å². The Kier molecular flexibility index (Phi) is 1.29. The van der Waals surface area contributed by atoms with Gasteiger partial charge in [-0.05, 0) is 47.1 Å². The van der Waals surface area contributed by atoms with E-state index in [0.717, 1.165) is 11.8 Å². The maximum atomic E-state index is 13.0. The van der Waals surface area contributed by atoms with Crippen molar-refractivity contribution in [3.8, 4) is 5.69 Å². The molecule has 2 aromatic rings. The summed E-state index contributed by atoms with van der Waals surface area (Å²) in [5, 5.41) is 0. The fourth-order valence-electron chi connectivity index (χ4n) is 7.16. The Morgan fingerprint density at radius 1 is 0.909 bits per heavy atom. The van der Waals surface area contributed by atoms with Crippen molar-refractivity contribution in [1.82, 2.24) is 13.9 Å². The largest absolute Gasteiger partial charge is 0.352 e. The highest BCUT2D eigenvalue weighted by molar-refractivity contribution is 5.42. The van der Waals surface area contributed by atoms with Crippen molar-refractivity contribution in [1.29, 1.82) is 0 Å². The topological polar surface area (TPSA) is 48.9 Å². The van der Waals surface area contributed by atoms with E-state index in [0.29, 0.717) is 34.9 Å². The number of para-hydroxylation sites is 1. The summed E-state index contributed by atoms with van der Waals surface area (Å²) in [6.45, 7) is 2.35. The molecule has 4 aliphatic carbocycles. The fraction of sp³-hybridized carbons (Fsp3) is 0.529. The van der Waals surface area contributed by atoms with Crippen LogP contribution < -0.4 is 11.4 Å². The quantitative estimate of drug-likeness (QED) is 0.789. The third-order valence-corrected chi connectivity index (χ3v) is 7.65. The number of nitrogens with zero attached hydrogens (tertiary/aromatic N) is 3. The maximum Gasteiger partial charge on any atom is 0.352 e. The maximum absolute atomic E-state index is 13.0. The lowest BCUT2D eigenvalue weighted by atomic mass is 9.80. The van der Waals surface area contributed by atoms with Gasteiger partial charge in [0.2, 0.25) is 0 Å². The standard InChI is InChI=1S/C17H15N3O2/c1-17-11-8-9-10(8)14(17)20-16(22)18(7-5-3-2-4-6-7)15(21)19(20)13(9)12(11)17/h2-6,8-14H,1H3/t8-,9-,10+,11-,12-,13+,14+,17+/m1/s1. The Morgan fingerprint density at radius 3 is 2.32 bits per heavy atom. The first kappa shape index (κ1) is 10.6. The molecule has 1 aromatic heterocycles. The van der Waals surface area contributed by atoms with Crippen LogP contribution in [-0.2, 0) is 0 Å². The average molecular weight is 293 g/mol. The van der Waals surface area contributed by atoms with E-state index in [1.807, 2.05) is 39.7 Å². The Labute approximate surface area is 125 Å². The van der Waals surface area contributed by atoms with Crippen molar-refractivity contribution in [2.75, 3.05) is 0 Å². The molecule has 2 aliphatic heterocycles. The SMILES string of the molecule is C[C@@]12[C@@H]3[C@@H]4[C@@H]5[C@H]4[C@@H]1n1c(=O)n(-c4ccccc4)c(=O)n1[C@@H]5[C@@H]32. The van der Waals surface area contributed by atoms with Gasteiger partial charge in [-0.15, -0.1) is 0 Å². The van der Waals surface area contributed by atoms with Gasteiger partial charge in [-0.1, -0.05) is 25.1 Å². The fourth-order valence-corrected chi connectivity index (χ4v) is 7.16. The molecular formula is C17H15N3O2. The van der Waals surface area contributed by atoms with Gasteiger partial charge in [0, 0.05) is 0 Å². The number of hydrogen-bond donors (Lipinski definition) is 0. The molecule has 3 heterocycles. The van der Waals surface area contributed by atoms with Crippen LogP contribution in [0.5, 0.6) is 0 Å². The second kappa shape index (κ2) is 2.66. The van der Waals surface area contributed by atoms with Crippen LogP contribution in [0.1, 0.15) is 19.0 Å². The molecule has 0 saturated heterocycles. The molecule has 6 aliphatic rings. The first-order valence-corrected chi connectivity index (χ1v) is 8.19. The second-order valence-corrected chi connectivity index (χ2v) is 8.01. The minimum atomic E-state index is -0.137. The van der Waals surface area contributed by atoms with Crippen molar-refractivity contribution in [3.05, 3.63) is 51.3 Å². The summed E-state index contributed by atoms with van der Waals surface area (Å²) in [6, 6.07) is 9.89. The first-order chi connectivity index (χ1) is 10.7. The van der Waals surface area contributed by atoms with E-state index < -0.39 is 0 Å². The van der Waals surface area contributed by atoms with Gasteiger partial charge in [0.15, 0.2) is 0 Å². The Hall–Kier alpha value is -2.04. The number of hydrogen-bond acceptors (Lipinski definition) is 2. The summed E-state index contributed by atoms with van der Waals surface area (Å²) in [7, 11) is 0. The zero-order valence-corrected chi connectivity index (χ0v) is 12.1. The summed E-state index contributed by atoms with van der Waals surface area (Å²) in [4.78, 5) is 26.0. The van der Waals surface area contributed by atoms with Crippen molar-refractivity contribution >= 4 is 0 Å².